The molecule has 0 saturated heterocycles. The van der Waals surface area contributed by atoms with Crippen molar-refractivity contribution in [2.24, 2.45) is 0 Å². The maximum absolute atomic E-state index is 10.8. The van der Waals surface area contributed by atoms with Gasteiger partial charge in [-0.25, -0.2) is 0 Å². The summed E-state index contributed by atoms with van der Waals surface area (Å²) in [5.74, 6) is -0.00268. The number of rotatable bonds is 6. The first-order chi connectivity index (χ1) is 10.0. The van der Waals surface area contributed by atoms with Crippen molar-refractivity contribution >= 4 is 17.7 Å². The van der Waals surface area contributed by atoms with Crippen molar-refractivity contribution in [3.63, 3.8) is 0 Å². The van der Waals surface area contributed by atoms with Gasteiger partial charge in [0.15, 0.2) is 5.16 Å². The highest BCUT2D eigenvalue weighted by atomic mass is 32.2. The average molecular weight is 305 g/mol. The number of aryl methyl sites for hydroxylation is 3. The number of nitrogens with zero attached hydrogens (tertiary/aromatic N) is 3. The number of carboxylic acid groups (broad SMARTS) is 1. The van der Waals surface area contributed by atoms with E-state index >= 15 is 0 Å². The molecule has 0 atom stereocenters. The zero-order valence-corrected chi connectivity index (χ0v) is 13.3. The molecule has 0 radical (unpaired) electrons. The molecule has 0 spiro atoms. The van der Waals surface area contributed by atoms with Gasteiger partial charge in [0.25, 0.3) is 0 Å². The van der Waals surface area contributed by atoms with Crippen molar-refractivity contribution in [2.45, 2.75) is 38.8 Å². The van der Waals surface area contributed by atoms with Crippen LogP contribution in [0.5, 0.6) is 0 Å². The van der Waals surface area contributed by atoms with Gasteiger partial charge in [0.2, 0.25) is 0 Å². The molecule has 0 aliphatic rings. The third-order valence-corrected chi connectivity index (χ3v) is 3.88. The van der Waals surface area contributed by atoms with E-state index in [1.807, 2.05) is 18.4 Å². The number of aliphatic carboxylic acids is 1. The van der Waals surface area contributed by atoms with Crippen molar-refractivity contribution in [3.8, 4) is 5.69 Å². The molecule has 5 nitrogen and oxygen atoms in total. The predicted molar refractivity (Wildman–Crippen MR) is 83.2 cm³/mol. The maximum Gasteiger partial charge on any atom is 0.313 e. The molecule has 1 N–H and O–H groups in total. The fraction of sp³-hybridized carbons (Fsp3) is 0.400. The number of carboxylic acids is 1. The third-order valence-electron chi connectivity index (χ3n) is 2.96. The Labute approximate surface area is 128 Å². The Morgan fingerprint density at radius 3 is 2.48 bits per heavy atom. The summed E-state index contributed by atoms with van der Waals surface area (Å²) < 4.78 is 1.97. The van der Waals surface area contributed by atoms with E-state index in [1.54, 1.807) is 0 Å². The Morgan fingerprint density at radius 1 is 1.24 bits per heavy atom. The average Bonchev–Trinajstić information content (AvgIpc) is 2.78. The standard InChI is InChI=1S/C15H19N3O2S/c1-4-5-13-16-17-15(21-9-14(19)20)18(13)12-7-10(2)6-11(3)8-12/h6-8H,4-5,9H2,1-3H3,(H,19,20). The molecular formula is C15H19N3O2S. The van der Waals surface area contributed by atoms with Gasteiger partial charge in [0.1, 0.15) is 5.82 Å². The lowest BCUT2D eigenvalue weighted by Crippen LogP contribution is -2.05. The summed E-state index contributed by atoms with van der Waals surface area (Å²) in [7, 11) is 0. The van der Waals surface area contributed by atoms with Crippen molar-refractivity contribution in [1.29, 1.82) is 0 Å². The van der Waals surface area contributed by atoms with Crippen LogP contribution in [-0.4, -0.2) is 31.6 Å². The Kier molecular flexibility index (Phi) is 5.01. The second kappa shape index (κ2) is 6.76. The smallest absolute Gasteiger partial charge is 0.313 e. The lowest BCUT2D eigenvalue weighted by molar-refractivity contribution is -0.133. The first kappa shape index (κ1) is 15.6. The van der Waals surface area contributed by atoms with Crippen LogP contribution in [0.15, 0.2) is 23.4 Å². The molecule has 0 fully saturated rings. The van der Waals surface area contributed by atoms with Gasteiger partial charge in [-0.1, -0.05) is 24.8 Å². The Morgan fingerprint density at radius 2 is 1.90 bits per heavy atom. The fourth-order valence-electron chi connectivity index (χ4n) is 2.24. The van der Waals surface area contributed by atoms with Gasteiger partial charge in [0, 0.05) is 12.1 Å². The second-order valence-electron chi connectivity index (χ2n) is 5.01. The molecule has 2 rings (SSSR count). The number of benzene rings is 1. The Balaban J connectivity index is 2.46. The van der Waals surface area contributed by atoms with E-state index in [0.717, 1.165) is 35.5 Å². The summed E-state index contributed by atoms with van der Waals surface area (Å²) in [5.41, 5.74) is 3.32. The van der Waals surface area contributed by atoms with Crippen molar-refractivity contribution < 1.29 is 9.90 Å². The Bertz CT molecular complexity index is 632. The van der Waals surface area contributed by atoms with Gasteiger partial charge in [-0.05, 0) is 43.5 Å². The quantitative estimate of drug-likeness (QED) is 0.831. The van der Waals surface area contributed by atoms with E-state index in [1.165, 1.54) is 11.8 Å². The number of hydrogen-bond acceptors (Lipinski definition) is 4. The maximum atomic E-state index is 10.8. The van der Waals surface area contributed by atoms with E-state index < -0.39 is 5.97 Å². The van der Waals surface area contributed by atoms with Crippen molar-refractivity contribution in [3.05, 3.63) is 35.2 Å². The van der Waals surface area contributed by atoms with Crippen molar-refractivity contribution in [2.75, 3.05) is 5.75 Å². The van der Waals surface area contributed by atoms with Gasteiger partial charge < -0.3 is 5.11 Å². The molecule has 1 aromatic heterocycles. The molecule has 0 unspecified atom stereocenters. The van der Waals surface area contributed by atoms with Crippen LogP contribution in [0.25, 0.3) is 5.69 Å². The predicted octanol–water partition coefficient (Wildman–Crippen LogP) is 3.01. The van der Waals surface area contributed by atoms with E-state index in [-0.39, 0.29) is 5.75 Å². The highest BCUT2D eigenvalue weighted by Gasteiger charge is 2.15. The zero-order chi connectivity index (χ0) is 15.4. The molecule has 0 saturated carbocycles. The van der Waals surface area contributed by atoms with Crippen LogP contribution in [0.3, 0.4) is 0 Å². The largest absolute Gasteiger partial charge is 0.481 e. The molecule has 1 heterocycles. The number of aromatic nitrogens is 3. The molecular weight excluding hydrogens is 286 g/mol. The van der Waals surface area contributed by atoms with Gasteiger partial charge >= 0.3 is 5.97 Å². The van der Waals surface area contributed by atoms with Crippen LogP contribution in [0.1, 0.15) is 30.3 Å². The summed E-state index contributed by atoms with van der Waals surface area (Å²) in [4.78, 5) is 10.8. The fourth-order valence-corrected chi connectivity index (χ4v) is 2.94. The highest BCUT2D eigenvalue weighted by molar-refractivity contribution is 7.99. The summed E-state index contributed by atoms with van der Waals surface area (Å²) >= 11 is 1.20. The molecule has 21 heavy (non-hydrogen) atoms. The Hall–Kier alpha value is -1.82. The van der Waals surface area contributed by atoms with Gasteiger partial charge in [-0.2, -0.15) is 0 Å². The van der Waals surface area contributed by atoms with E-state index in [9.17, 15) is 4.79 Å². The summed E-state index contributed by atoms with van der Waals surface area (Å²) in [5, 5.41) is 17.9. The highest BCUT2D eigenvalue weighted by Crippen LogP contribution is 2.24. The zero-order valence-electron chi connectivity index (χ0n) is 12.5. The van der Waals surface area contributed by atoms with Gasteiger partial charge in [0.05, 0.1) is 5.75 Å². The molecule has 0 aliphatic carbocycles. The normalized spacial score (nSPS) is 10.8. The van der Waals surface area contributed by atoms with E-state index in [0.29, 0.717) is 5.16 Å². The van der Waals surface area contributed by atoms with Crippen LogP contribution in [-0.2, 0) is 11.2 Å². The van der Waals surface area contributed by atoms with Crippen LogP contribution in [0, 0.1) is 13.8 Å². The third kappa shape index (κ3) is 3.85. The minimum Gasteiger partial charge on any atom is -0.481 e. The lowest BCUT2D eigenvalue weighted by atomic mass is 10.1. The van der Waals surface area contributed by atoms with Gasteiger partial charge in [-0.15, -0.1) is 10.2 Å². The van der Waals surface area contributed by atoms with Crippen LogP contribution in [0.4, 0.5) is 0 Å². The molecule has 0 bridgehead atoms. The molecule has 0 amide bonds. The van der Waals surface area contributed by atoms with E-state index in [4.69, 9.17) is 5.11 Å². The minimum atomic E-state index is -0.855. The first-order valence-corrected chi connectivity index (χ1v) is 7.87. The topological polar surface area (TPSA) is 68.0 Å². The lowest BCUT2D eigenvalue weighted by Gasteiger charge is -2.11. The minimum absolute atomic E-state index is 0.0188. The number of carbonyl (C=O) groups is 1. The van der Waals surface area contributed by atoms with Gasteiger partial charge in [-0.3, -0.25) is 9.36 Å². The summed E-state index contributed by atoms with van der Waals surface area (Å²) in [6.07, 6.45) is 1.78. The monoisotopic (exact) mass is 305 g/mol. The summed E-state index contributed by atoms with van der Waals surface area (Å²) in [6.45, 7) is 6.18. The molecule has 1 aromatic carbocycles. The van der Waals surface area contributed by atoms with Crippen molar-refractivity contribution in [1.82, 2.24) is 14.8 Å². The molecule has 112 valence electrons. The van der Waals surface area contributed by atoms with Crippen LogP contribution in [0.2, 0.25) is 0 Å². The SMILES string of the molecule is CCCc1nnc(SCC(=O)O)n1-c1cc(C)cc(C)c1. The van der Waals surface area contributed by atoms with Crippen LogP contribution < -0.4 is 0 Å². The molecule has 0 aliphatic heterocycles. The first-order valence-electron chi connectivity index (χ1n) is 6.88. The molecule has 2 aromatic rings. The summed E-state index contributed by atoms with van der Waals surface area (Å²) in [6, 6.07) is 6.25. The second-order valence-corrected chi connectivity index (χ2v) is 5.96. The molecule has 6 heteroatoms. The van der Waals surface area contributed by atoms with Crippen LogP contribution >= 0.6 is 11.8 Å². The number of hydrogen-bond donors (Lipinski definition) is 1. The van der Waals surface area contributed by atoms with E-state index in [2.05, 4.69) is 35.3 Å². The number of thioether (sulfide) groups is 1.